The third-order valence-corrected chi connectivity index (χ3v) is 11.5. The Morgan fingerprint density at radius 2 is 1.56 bits per heavy atom. The molecule has 0 aliphatic carbocycles. The Balaban J connectivity index is 2.37. The van der Waals surface area contributed by atoms with E-state index >= 15 is 0 Å². The largest absolute Gasteiger partial charge is 0.481 e. The van der Waals surface area contributed by atoms with Crippen LogP contribution in [0.4, 0.5) is 5.82 Å². The molecule has 1 aromatic heterocycles. The highest BCUT2D eigenvalue weighted by atomic mass is 32.2. The molecule has 0 aromatic carbocycles. The Morgan fingerprint density at radius 3 is 2.14 bits per heavy atom. The van der Waals surface area contributed by atoms with Crippen LogP contribution in [0.25, 0.3) is 6.08 Å². The van der Waals surface area contributed by atoms with E-state index in [4.69, 9.17) is 14.8 Å². The quantitative estimate of drug-likeness (QED) is 0.0543. The fraction of sp³-hybridized carbons (Fsp3) is 0.590. The third-order valence-electron chi connectivity index (χ3n) is 9.08. The van der Waals surface area contributed by atoms with Crippen LogP contribution < -0.4 is 21.3 Å². The Morgan fingerprint density at radius 1 is 0.895 bits per heavy atom. The lowest BCUT2D eigenvalue weighted by Gasteiger charge is -2.20. The van der Waals surface area contributed by atoms with Crippen molar-refractivity contribution in [3.05, 3.63) is 33.7 Å². The normalized spacial score (nSPS) is 14.5. The molecule has 2 atom stereocenters. The van der Waals surface area contributed by atoms with Crippen LogP contribution in [0.2, 0.25) is 0 Å². The van der Waals surface area contributed by atoms with Crippen molar-refractivity contribution in [2.24, 2.45) is 10.4 Å². The molecule has 1 aliphatic rings. The van der Waals surface area contributed by atoms with Gasteiger partial charge in [0.1, 0.15) is 23.5 Å². The van der Waals surface area contributed by atoms with Gasteiger partial charge in [-0.05, 0) is 89.7 Å². The number of aromatic nitrogens is 1. The predicted molar refractivity (Wildman–Crippen MR) is 223 cm³/mol. The number of carbonyl (C=O) groups is 7. The van der Waals surface area contributed by atoms with Crippen LogP contribution in [0.15, 0.2) is 21.8 Å². The van der Waals surface area contributed by atoms with Crippen LogP contribution in [0.5, 0.6) is 0 Å². The minimum Gasteiger partial charge on any atom is -0.481 e. The number of carboxylic acid groups (broad SMARTS) is 2. The molecule has 2 unspecified atom stereocenters. The number of amides is 4. The molecular formula is C39H58N6O10S2. The molecule has 7 N–H and O–H groups in total. The number of likely N-dealkylation sites (N-methyl/N-ethyl adjacent to an activating group) is 1. The average Bonchev–Trinajstić information content (AvgIpc) is 3.68. The van der Waals surface area contributed by atoms with Gasteiger partial charge in [0.05, 0.1) is 33.9 Å². The van der Waals surface area contributed by atoms with Crippen LogP contribution in [0.1, 0.15) is 116 Å². The second-order valence-electron chi connectivity index (χ2n) is 13.7. The highest BCUT2D eigenvalue weighted by Gasteiger charge is 2.32. The first kappa shape index (κ1) is 48.6. The van der Waals surface area contributed by atoms with Crippen molar-refractivity contribution in [1.29, 1.82) is 0 Å². The molecule has 0 spiro atoms. The van der Waals surface area contributed by atoms with E-state index in [2.05, 4.69) is 26.3 Å². The standard InChI is InChI=1S/C39H58N6O10S2/c1-9-23-25(42-32(30(23)35(50)40-12-4)44-28(46)16-14-15-18-57-27(37(52)53)21-29(47)48)20-26-24(10-2)31(36(51)41-13-5)33(43-26)45-34(49)22(6)56-19-17-55-38(54)39(7,8)11-3/h20,22,27,42H,9-19,21H2,1-8H3,(H,40,50)(H,41,51)(H,44,46)(H,47,48)(H,52,53)(H,43,45,49). The monoisotopic (exact) mass is 834 g/mol. The van der Waals surface area contributed by atoms with Crippen LogP contribution in [0, 0.1) is 5.41 Å². The van der Waals surface area contributed by atoms with Gasteiger partial charge in [0.25, 0.3) is 11.8 Å². The molecule has 0 radical (unpaired) electrons. The van der Waals surface area contributed by atoms with Crippen molar-refractivity contribution in [3.8, 4) is 0 Å². The summed E-state index contributed by atoms with van der Waals surface area (Å²) in [6, 6.07) is 0. The minimum absolute atomic E-state index is 0.0633. The highest BCUT2D eigenvalue weighted by molar-refractivity contribution is 8.00. The molecule has 2 heterocycles. The summed E-state index contributed by atoms with van der Waals surface area (Å²) in [4.78, 5) is 95.8. The number of aromatic amines is 1. The summed E-state index contributed by atoms with van der Waals surface area (Å²) in [5.74, 6) is -3.33. The molecule has 0 bridgehead atoms. The smallest absolute Gasteiger partial charge is 0.317 e. The number of hydrogen-bond donors (Lipinski definition) is 7. The number of carboxylic acids is 2. The number of aliphatic carboxylic acids is 2. The van der Waals surface area contributed by atoms with E-state index in [1.165, 1.54) is 11.8 Å². The number of carbonyl (C=O) groups excluding carboxylic acids is 5. The molecule has 0 saturated heterocycles. The number of H-pyrrole nitrogens is 1. The lowest BCUT2D eigenvalue weighted by atomic mass is 9.91. The van der Waals surface area contributed by atoms with Crippen LogP contribution in [-0.2, 0) is 39.9 Å². The first-order valence-corrected chi connectivity index (χ1v) is 21.4. The van der Waals surface area contributed by atoms with Gasteiger partial charge >= 0.3 is 17.9 Å². The summed E-state index contributed by atoms with van der Waals surface area (Å²) in [5.41, 5.74) is 1.87. The van der Waals surface area contributed by atoms with Crippen molar-refractivity contribution in [2.75, 3.05) is 36.5 Å². The Bertz CT molecular complexity index is 1750. The number of rotatable bonds is 24. The summed E-state index contributed by atoms with van der Waals surface area (Å²) < 4.78 is 5.40. The fourth-order valence-electron chi connectivity index (χ4n) is 5.54. The number of amidine groups is 1. The average molecular weight is 835 g/mol. The zero-order valence-electron chi connectivity index (χ0n) is 34.1. The summed E-state index contributed by atoms with van der Waals surface area (Å²) in [5, 5.41) is 27.8. The zero-order valence-corrected chi connectivity index (χ0v) is 35.8. The Hall–Kier alpha value is -4.58. The van der Waals surface area contributed by atoms with Crippen LogP contribution in [0.3, 0.4) is 0 Å². The van der Waals surface area contributed by atoms with Gasteiger partial charge in [-0.1, -0.05) is 20.8 Å². The van der Waals surface area contributed by atoms with Gasteiger partial charge in [-0.15, -0.1) is 23.5 Å². The first-order valence-electron chi connectivity index (χ1n) is 19.3. The van der Waals surface area contributed by atoms with Crippen molar-refractivity contribution < 1.29 is 48.5 Å². The van der Waals surface area contributed by atoms with E-state index in [-0.39, 0.29) is 47.7 Å². The molecular weight excluding hydrogens is 777 g/mol. The number of thioether (sulfide) groups is 2. The van der Waals surface area contributed by atoms with Gasteiger partial charge < -0.3 is 41.2 Å². The molecule has 1 aromatic rings. The van der Waals surface area contributed by atoms with Gasteiger partial charge in [0.2, 0.25) is 11.8 Å². The molecule has 16 nitrogen and oxygen atoms in total. The van der Waals surface area contributed by atoms with Gasteiger partial charge in [-0.25, -0.2) is 4.99 Å². The van der Waals surface area contributed by atoms with Crippen molar-refractivity contribution in [1.82, 2.24) is 20.9 Å². The molecule has 1 aliphatic heterocycles. The highest BCUT2D eigenvalue weighted by Crippen LogP contribution is 2.33. The van der Waals surface area contributed by atoms with Crippen molar-refractivity contribution >= 4 is 82.8 Å². The summed E-state index contributed by atoms with van der Waals surface area (Å²) >= 11 is 2.30. The number of aliphatic imine (C=N–C) groups is 1. The van der Waals surface area contributed by atoms with Gasteiger partial charge in [-0.2, -0.15) is 0 Å². The number of nitrogens with one attached hydrogen (secondary N) is 5. The van der Waals surface area contributed by atoms with E-state index in [1.807, 2.05) is 34.6 Å². The third kappa shape index (κ3) is 14.4. The number of nitrogens with zero attached hydrogens (tertiary/aromatic N) is 1. The second-order valence-corrected chi connectivity index (χ2v) is 16.5. The number of esters is 1. The first-order chi connectivity index (χ1) is 26.9. The maximum Gasteiger partial charge on any atom is 0.317 e. The van der Waals surface area contributed by atoms with Crippen LogP contribution in [-0.4, -0.2) is 104 Å². The SMILES string of the molecule is CCNC(=O)C1=C(CC)C(=Cc2[nH]c(NC(=O)CCCCSC(CC(=O)O)C(=O)O)c(C(=O)NCC)c2CC)N=C1NC(=O)C(C)SCCOC(=O)C(C)(C)CC. The molecule has 0 saturated carbocycles. The molecule has 2 rings (SSSR count). The number of hydrogen-bond acceptors (Lipinski definition) is 11. The molecule has 18 heteroatoms. The molecule has 316 valence electrons. The maximum atomic E-state index is 13.4. The second kappa shape index (κ2) is 23.6. The van der Waals surface area contributed by atoms with Crippen molar-refractivity contribution in [3.63, 3.8) is 0 Å². The lowest BCUT2D eigenvalue weighted by Crippen LogP contribution is -2.40. The van der Waals surface area contributed by atoms with E-state index in [9.17, 15) is 38.7 Å². The predicted octanol–water partition coefficient (Wildman–Crippen LogP) is 4.91. The molecule has 4 amide bonds. The van der Waals surface area contributed by atoms with Gasteiger partial charge in [-0.3, -0.25) is 33.6 Å². The van der Waals surface area contributed by atoms with E-state index in [0.29, 0.717) is 79.2 Å². The van der Waals surface area contributed by atoms with Gasteiger partial charge in [0.15, 0.2) is 0 Å². The fourth-order valence-corrected chi connectivity index (χ4v) is 7.34. The summed E-state index contributed by atoms with van der Waals surface area (Å²) in [7, 11) is 0. The number of ether oxygens (including phenoxy) is 1. The summed E-state index contributed by atoms with van der Waals surface area (Å²) in [6.07, 6.45) is 3.50. The van der Waals surface area contributed by atoms with Crippen molar-refractivity contribution in [2.45, 2.75) is 111 Å². The van der Waals surface area contributed by atoms with E-state index in [1.54, 1.807) is 26.8 Å². The Kier molecular flexibility index (Phi) is 20.1. The molecule has 0 fully saturated rings. The van der Waals surface area contributed by atoms with E-state index < -0.39 is 52.0 Å². The lowest BCUT2D eigenvalue weighted by molar-refractivity contribution is -0.153. The molecule has 57 heavy (non-hydrogen) atoms. The maximum absolute atomic E-state index is 13.4. The minimum atomic E-state index is -1.21. The number of anilines is 1. The van der Waals surface area contributed by atoms with Crippen LogP contribution >= 0.6 is 23.5 Å². The Labute approximate surface area is 342 Å². The summed E-state index contributed by atoms with van der Waals surface area (Å²) in [6.45, 7) is 15.3. The zero-order chi connectivity index (χ0) is 42.9. The number of allylic oxidation sites excluding steroid dienone is 1. The topological polar surface area (TPSA) is 245 Å². The van der Waals surface area contributed by atoms with E-state index in [0.717, 1.165) is 11.8 Å². The van der Waals surface area contributed by atoms with Gasteiger partial charge in [0, 0.05) is 31.0 Å². The number of unbranched alkanes of at least 4 members (excludes halogenated alkanes) is 1.